The van der Waals surface area contributed by atoms with E-state index >= 15 is 0 Å². The molecule has 0 bridgehead atoms. The fourth-order valence-electron chi connectivity index (χ4n) is 5.17. The van der Waals surface area contributed by atoms with Crippen molar-refractivity contribution >= 4 is 28.3 Å². The molecule has 4 heterocycles. The van der Waals surface area contributed by atoms with Crippen LogP contribution in [-0.2, 0) is 6.42 Å². The molecule has 1 amide bonds. The van der Waals surface area contributed by atoms with Gasteiger partial charge in [0.1, 0.15) is 17.2 Å². The summed E-state index contributed by atoms with van der Waals surface area (Å²) in [5, 5.41) is 0. The molecule has 0 saturated heterocycles. The van der Waals surface area contributed by atoms with Crippen LogP contribution in [0.1, 0.15) is 72.8 Å². The zero-order chi connectivity index (χ0) is 23.1. The lowest BCUT2D eigenvalue weighted by atomic mass is 9.97. The number of hydrogen-bond acceptors (Lipinski definition) is 4. The van der Waals surface area contributed by atoms with Crippen molar-refractivity contribution in [3.8, 4) is 0 Å². The first-order chi connectivity index (χ1) is 16.0. The van der Waals surface area contributed by atoms with Crippen molar-refractivity contribution < 1.29 is 4.79 Å². The number of nitrogens with zero attached hydrogens (tertiary/aromatic N) is 4. The first-order valence-corrected chi connectivity index (χ1v) is 11.8. The number of imidazole rings is 1. The van der Waals surface area contributed by atoms with Crippen LogP contribution < -0.4 is 10.5 Å². The number of fused-ring (bicyclic) bond motifs is 4. The highest BCUT2D eigenvalue weighted by molar-refractivity contribution is 6.09. The van der Waals surface area contributed by atoms with Gasteiger partial charge in [-0.05, 0) is 55.5 Å². The average Bonchev–Trinajstić information content (AvgIpc) is 3.45. The summed E-state index contributed by atoms with van der Waals surface area (Å²) in [6, 6.07) is 7.73. The molecule has 7 heteroatoms. The minimum atomic E-state index is -0.186. The summed E-state index contributed by atoms with van der Waals surface area (Å²) < 4.78 is 2.00. The number of H-pyrrole nitrogens is 1. The van der Waals surface area contributed by atoms with Gasteiger partial charge in [-0.2, -0.15) is 0 Å². The molecule has 1 aromatic carbocycles. The van der Waals surface area contributed by atoms with E-state index in [-0.39, 0.29) is 11.5 Å². The Balaban J connectivity index is 1.66. The van der Waals surface area contributed by atoms with Crippen molar-refractivity contribution in [3.05, 3.63) is 69.5 Å². The third-order valence-corrected chi connectivity index (χ3v) is 6.79. The molecule has 3 aromatic heterocycles. The average molecular weight is 444 g/mol. The summed E-state index contributed by atoms with van der Waals surface area (Å²) in [5.41, 5.74) is 4.35. The van der Waals surface area contributed by atoms with Gasteiger partial charge in [-0.15, -0.1) is 0 Å². The lowest BCUT2D eigenvalue weighted by Gasteiger charge is -2.19. The number of rotatable bonds is 6. The van der Waals surface area contributed by atoms with E-state index in [2.05, 4.69) is 28.8 Å². The Labute approximate surface area is 192 Å². The Morgan fingerprint density at radius 3 is 2.67 bits per heavy atom. The second-order valence-corrected chi connectivity index (χ2v) is 8.89. The van der Waals surface area contributed by atoms with Gasteiger partial charge in [0.25, 0.3) is 11.5 Å². The van der Waals surface area contributed by atoms with E-state index in [4.69, 9.17) is 0 Å². The molecule has 0 radical (unpaired) electrons. The fourth-order valence-corrected chi connectivity index (χ4v) is 5.17. The molecular formula is C26H29N5O2. The number of carbonyl (C=O) groups is 1. The molecule has 0 atom stereocenters. The zero-order valence-corrected chi connectivity index (χ0v) is 19.4. The largest absolute Gasteiger partial charge is 0.319 e. The highest BCUT2D eigenvalue weighted by Crippen LogP contribution is 2.31. The molecule has 33 heavy (non-hydrogen) atoms. The van der Waals surface area contributed by atoms with E-state index in [1.165, 1.54) is 0 Å². The molecule has 1 aliphatic heterocycles. The van der Waals surface area contributed by atoms with Crippen LogP contribution in [0, 0.1) is 6.92 Å². The standard InChI is InChI=1S/C26H29N5O2/c1-4-7-17(8-5-2)24-28-15-21-25(32)29-22-16(3)19(10-11-20(22)31(21)24)26(33)30-14-12-18-9-6-13-27-23(18)30/h6,9-11,13,15,17H,4-5,7-8,12,14H2,1-3H3,(H,29,32). The Hall–Kier alpha value is -3.48. The monoisotopic (exact) mass is 443 g/mol. The van der Waals surface area contributed by atoms with E-state index in [0.29, 0.717) is 29.1 Å². The van der Waals surface area contributed by atoms with Crippen molar-refractivity contribution in [2.75, 3.05) is 11.4 Å². The van der Waals surface area contributed by atoms with Gasteiger partial charge in [-0.1, -0.05) is 32.8 Å². The molecule has 0 spiro atoms. The lowest BCUT2D eigenvalue weighted by Crippen LogP contribution is -2.30. The van der Waals surface area contributed by atoms with Gasteiger partial charge < -0.3 is 4.98 Å². The van der Waals surface area contributed by atoms with E-state index in [0.717, 1.165) is 60.4 Å². The van der Waals surface area contributed by atoms with Crippen LogP contribution in [0.15, 0.2) is 41.5 Å². The molecule has 170 valence electrons. The molecule has 5 rings (SSSR count). The van der Waals surface area contributed by atoms with Crippen molar-refractivity contribution in [3.63, 3.8) is 0 Å². The van der Waals surface area contributed by atoms with Gasteiger partial charge in [-0.25, -0.2) is 9.97 Å². The Bertz CT molecular complexity index is 1410. The lowest BCUT2D eigenvalue weighted by molar-refractivity contribution is 0.0988. The number of anilines is 1. The minimum absolute atomic E-state index is 0.0894. The SMILES string of the molecule is CCCC(CCC)c1ncc2c(=O)[nH]c3c(C)c(C(=O)N4CCc5cccnc54)ccc3n12. The van der Waals surface area contributed by atoms with Gasteiger partial charge >= 0.3 is 0 Å². The third kappa shape index (κ3) is 3.43. The molecular weight excluding hydrogens is 414 g/mol. The normalized spacial score (nSPS) is 13.4. The van der Waals surface area contributed by atoms with Crippen LogP contribution in [0.5, 0.6) is 0 Å². The summed E-state index contributed by atoms with van der Waals surface area (Å²) in [5.74, 6) is 1.86. The predicted molar refractivity (Wildman–Crippen MR) is 130 cm³/mol. The topological polar surface area (TPSA) is 83.4 Å². The highest BCUT2D eigenvalue weighted by atomic mass is 16.2. The predicted octanol–water partition coefficient (Wildman–Crippen LogP) is 4.77. The van der Waals surface area contributed by atoms with Gasteiger partial charge in [-0.3, -0.25) is 18.9 Å². The Morgan fingerprint density at radius 2 is 1.91 bits per heavy atom. The van der Waals surface area contributed by atoms with Crippen molar-refractivity contribution in [2.24, 2.45) is 0 Å². The molecule has 0 aliphatic carbocycles. The van der Waals surface area contributed by atoms with Crippen LogP contribution in [0.3, 0.4) is 0 Å². The van der Waals surface area contributed by atoms with Gasteiger partial charge in [0, 0.05) is 24.2 Å². The number of aromatic amines is 1. The maximum absolute atomic E-state index is 13.5. The van der Waals surface area contributed by atoms with E-state index in [9.17, 15) is 9.59 Å². The third-order valence-electron chi connectivity index (χ3n) is 6.79. The summed E-state index contributed by atoms with van der Waals surface area (Å²) in [4.78, 5) is 40.3. The number of pyridine rings is 1. The number of benzene rings is 1. The molecule has 0 unspecified atom stereocenters. The minimum Gasteiger partial charge on any atom is -0.319 e. The zero-order valence-electron chi connectivity index (χ0n) is 19.4. The second-order valence-electron chi connectivity index (χ2n) is 8.89. The number of carbonyl (C=O) groups excluding carboxylic acids is 1. The quantitative estimate of drug-likeness (QED) is 0.465. The molecule has 0 fully saturated rings. The number of amides is 1. The smallest absolute Gasteiger partial charge is 0.274 e. The highest BCUT2D eigenvalue weighted by Gasteiger charge is 2.28. The van der Waals surface area contributed by atoms with Gasteiger partial charge in [0.05, 0.1) is 17.2 Å². The molecule has 4 aromatic rings. The summed E-state index contributed by atoms with van der Waals surface area (Å²) >= 11 is 0. The molecule has 1 aliphatic rings. The Morgan fingerprint density at radius 1 is 1.12 bits per heavy atom. The van der Waals surface area contributed by atoms with Crippen LogP contribution >= 0.6 is 0 Å². The van der Waals surface area contributed by atoms with Crippen molar-refractivity contribution in [1.82, 2.24) is 19.4 Å². The maximum atomic E-state index is 13.5. The van der Waals surface area contributed by atoms with Crippen molar-refractivity contribution in [2.45, 2.75) is 58.8 Å². The van der Waals surface area contributed by atoms with E-state index in [1.807, 2.05) is 35.6 Å². The number of aromatic nitrogens is 4. The first kappa shape index (κ1) is 21.4. The number of aryl methyl sites for hydroxylation is 1. The van der Waals surface area contributed by atoms with E-state index < -0.39 is 0 Å². The van der Waals surface area contributed by atoms with E-state index in [1.54, 1.807) is 17.3 Å². The Kier molecular flexibility index (Phi) is 5.48. The molecule has 7 nitrogen and oxygen atoms in total. The van der Waals surface area contributed by atoms with Gasteiger partial charge in [0.2, 0.25) is 0 Å². The fraction of sp³-hybridized carbons (Fsp3) is 0.385. The summed E-state index contributed by atoms with van der Waals surface area (Å²) in [6.07, 6.45) is 8.36. The van der Waals surface area contributed by atoms with Crippen LogP contribution in [-0.4, -0.2) is 31.8 Å². The summed E-state index contributed by atoms with van der Waals surface area (Å²) in [7, 11) is 0. The second kappa shape index (κ2) is 8.46. The van der Waals surface area contributed by atoms with Gasteiger partial charge in [0.15, 0.2) is 0 Å². The molecule has 1 N–H and O–H groups in total. The number of hydrogen-bond donors (Lipinski definition) is 1. The van der Waals surface area contributed by atoms with Crippen LogP contribution in [0.2, 0.25) is 0 Å². The first-order valence-electron chi connectivity index (χ1n) is 11.8. The molecule has 0 saturated carbocycles. The van der Waals surface area contributed by atoms with Crippen molar-refractivity contribution in [1.29, 1.82) is 0 Å². The van der Waals surface area contributed by atoms with Crippen LogP contribution in [0.25, 0.3) is 16.6 Å². The number of nitrogens with one attached hydrogen (secondary N) is 1. The van der Waals surface area contributed by atoms with Crippen LogP contribution in [0.4, 0.5) is 5.82 Å². The summed E-state index contributed by atoms with van der Waals surface area (Å²) in [6.45, 7) is 6.87. The maximum Gasteiger partial charge on any atom is 0.274 e.